The minimum Gasteiger partial charge on any atom is -0.339 e. The van der Waals surface area contributed by atoms with Crippen LogP contribution in [0, 0.1) is 13.8 Å². The van der Waals surface area contributed by atoms with Crippen molar-refractivity contribution in [3.05, 3.63) is 52.5 Å². The SMILES string of the molecule is Cc1cc(C)n(-c2ccc(=O)n(CCN3CCN(S(=O)(=O)c4cn(C)cn4)CC3)n2)n1. The second kappa shape index (κ2) is 8.36. The summed E-state index contributed by atoms with van der Waals surface area (Å²) in [6.45, 7) is 6.79. The summed E-state index contributed by atoms with van der Waals surface area (Å²) < 4.78 is 31.6. The molecule has 0 amide bonds. The quantitative estimate of drug-likeness (QED) is 0.515. The van der Waals surface area contributed by atoms with E-state index in [1.165, 1.54) is 27.6 Å². The van der Waals surface area contributed by atoms with Crippen LogP contribution < -0.4 is 5.56 Å². The number of piperazine rings is 1. The highest BCUT2D eigenvalue weighted by Gasteiger charge is 2.30. The number of aryl methyl sites for hydroxylation is 3. The Labute approximate surface area is 180 Å². The molecule has 0 bridgehead atoms. The third-order valence-electron chi connectivity index (χ3n) is 5.32. The van der Waals surface area contributed by atoms with E-state index in [0.29, 0.717) is 45.1 Å². The molecule has 1 saturated heterocycles. The maximum Gasteiger partial charge on any atom is 0.266 e. The highest BCUT2D eigenvalue weighted by atomic mass is 32.2. The summed E-state index contributed by atoms with van der Waals surface area (Å²) in [7, 11) is -1.84. The number of aromatic nitrogens is 6. The summed E-state index contributed by atoms with van der Waals surface area (Å²) in [5, 5.41) is 8.95. The van der Waals surface area contributed by atoms with Gasteiger partial charge in [-0.05, 0) is 26.0 Å². The van der Waals surface area contributed by atoms with E-state index in [-0.39, 0.29) is 10.6 Å². The number of sulfonamides is 1. The minimum atomic E-state index is -3.58. The average molecular weight is 447 g/mol. The van der Waals surface area contributed by atoms with Crippen LogP contribution in [0.3, 0.4) is 0 Å². The molecule has 166 valence electrons. The van der Waals surface area contributed by atoms with E-state index in [1.807, 2.05) is 19.9 Å². The lowest BCUT2D eigenvalue weighted by atomic mass is 10.3. The normalized spacial score (nSPS) is 16.1. The molecule has 0 atom stereocenters. The molecule has 11 nitrogen and oxygen atoms in total. The Balaban J connectivity index is 1.38. The Bertz CT molecular complexity index is 1240. The predicted octanol–water partition coefficient (Wildman–Crippen LogP) is -0.214. The van der Waals surface area contributed by atoms with Crippen LogP contribution in [-0.4, -0.2) is 79.5 Å². The van der Waals surface area contributed by atoms with E-state index >= 15 is 0 Å². The van der Waals surface area contributed by atoms with Gasteiger partial charge in [0.05, 0.1) is 18.6 Å². The summed E-state index contributed by atoms with van der Waals surface area (Å²) in [5.74, 6) is 0.594. The van der Waals surface area contributed by atoms with E-state index in [9.17, 15) is 13.2 Å². The molecule has 0 unspecified atom stereocenters. The van der Waals surface area contributed by atoms with Crippen LogP contribution >= 0.6 is 0 Å². The molecular weight excluding hydrogens is 420 g/mol. The fourth-order valence-electron chi connectivity index (χ4n) is 3.66. The van der Waals surface area contributed by atoms with E-state index in [1.54, 1.807) is 22.4 Å². The van der Waals surface area contributed by atoms with Gasteiger partial charge in [-0.3, -0.25) is 9.69 Å². The van der Waals surface area contributed by atoms with Crippen molar-refractivity contribution in [1.82, 2.24) is 38.3 Å². The molecular formula is C19H26N8O3S. The van der Waals surface area contributed by atoms with Gasteiger partial charge in [0, 0.05) is 57.7 Å². The zero-order valence-electron chi connectivity index (χ0n) is 17.8. The molecule has 0 saturated carbocycles. The van der Waals surface area contributed by atoms with Crippen molar-refractivity contribution < 1.29 is 8.42 Å². The van der Waals surface area contributed by atoms with Gasteiger partial charge in [-0.2, -0.15) is 9.40 Å². The molecule has 0 N–H and O–H groups in total. The highest BCUT2D eigenvalue weighted by molar-refractivity contribution is 7.89. The van der Waals surface area contributed by atoms with E-state index < -0.39 is 10.0 Å². The average Bonchev–Trinajstić information content (AvgIpc) is 3.33. The van der Waals surface area contributed by atoms with Crippen LogP contribution in [-0.2, 0) is 23.6 Å². The topological polar surface area (TPSA) is 111 Å². The largest absolute Gasteiger partial charge is 0.339 e. The van der Waals surface area contributed by atoms with Crippen molar-refractivity contribution in [3.8, 4) is 5.82 Å². The Morgan fingerprint density at radius 3 is 2.39 bits per heavy atom. The predicted molar refractivity (Wildman–Crippen MR) is 113 cm³/mol. The number of hydrogen-bond acceptors (Lipinski definition) is 7. The Morgan fingerprint density at radius 2 is 1.77 bits per heavy atom. The Hall–Kier alpha value is -2.83. The van der Waals surface area contributed by atoms with Gasteiger partial charge in [0.15, 0.2) is 10.8 Å². The molecule has 3 aromatic heterocycles. The van der Waals surface area contributed by atoms with Crippen molar-refractivity contribution in [1.29, 1.82) is 0 Å². The number of rotatable bonds is 6. The fraction of sp³-hybridized carbons (Fsp3) is 0.474. The standard InChI is InChI=1S/C19H26N8O3S/c1-15-12-16(2)27(21-15)17-4-5-19(28)26(22-17)11-8-24-6-9-25(10-7-24)31(29,30)18-13-23(3)14-20-18/h4-5,12-14H,6-11H2,1-3H3. The number of imidazole rings is 1. The van der Waals surface area contributed by atoms with E-state index in [0.717, 1.165) is 11.4 Å². The zero-order valence-corrected chi connectivity index (χ0v) is 18.7. The first-order valence-electron chi connectivity index (χ1n) is 10.1. The van der Waals surface area contributed by atoms with Gasteiger partial charge in [-0.25, -0.2) is 22.8 Å². The summed E-state index contributed by atoms with van der Waals surface area (Å²) >= 11 is 0. The van der Waals surface area contributed by atoms with Gasteiger partial charge in [-0.15, -0.1) is 5.10 Å². The first-order chi connectivity index (χ1) is 14.7. The second-order valence-corrected chi connectivity index (χ2v) is 9.60. The molecule has 4 heterocycles. The smallest absolute Gasteiger partial charge is 0.266 e. The molecule has 12 heteroatoms. The highest BCUT2D eigenvalue weighted by Crippen LogP contribution is 2.15. The van der Waals surface area contributed by atoms with Gasteiger partial charge in [0.2, 0.25) is 0 Å². The summed E-state index contributed by atoms with van der Waals surface area (Å²) in [6.07, 6.45) is 2.99. The maximum atomic E-state index is 12.7. The van der Waals surface area contributed by atoms with Gasteiger partial charge >= 0.3 is 0 Å². The third-order valence-corrected chi connectivity index (χ3v) is 7.11. The molecule has 4 rings (SSSR count). The van der Waals surface area contributed by atoms with E-state index in [2.05, 4.69) is 20.1 Å². The lowest BCUT2D eigenvalue weighted by molar-refractivity contribution is 0.180. The monoisotopic (exact) mass is 446 g/mol. The fourth-order valence-corrected chi connectivity index (χ4v) is 5.04. The first kappa shape index (κ1) is 21.4. The van der Waals surface area contributed by atoms with Crippen LogP contribution in [0.4, 0.5) is 0 Å². The zero-order chi connectivity index (χ0) is 22.2. The van der Waals surface area contributed by atoms with Crippen molar-refractivity contribution in [2.24, 2.45) is 7.05 Å². The lowest BCUT2D eigenvalue weighted by Gasteiger charge is -2.33. The van der Waals surface area contributed by atoms with Crippen molar-refractivity contribution in [2.75, 3.05) is 32.7 Å². The minimum absolute atomic E-state index is 0.0696. The van der Waals surface area contributed by atoms with E-state index in [4.69, 9.17) is 0 Å². The van der Waals surface area contributed by atoms with Crippen LogP contribution in [0.25, 0.3) is 5.82 Å². The summed E-state index contributed by atoms with van der Waals surface area (Å²) in [4.78, 5) is 18.4. The summed E-state index contributed by atoms with van der Waals surface area (Å²) in [5.41, 5.74) is 1.65. The molecule has 3 aromatic rings. The number of nitrogens with zero attached hydrogens (tertiary/aromatic N) is 8. The van der Waals surface area contributed by atoms with Gasteiger partial charge < -0.3 is 4.57 Å². The molecule has 1 aliphatic heterocycles. The first-order valence-corrected chi connectivity index (χ1v) is 11.5. The molecule has 1 aliphatic rings. The van der Waals surface area contributed by atoms with Crippen molar-refractivity contribution >= 4 is 10.0 Å². The second-order valence-electron chi connectivity index (χ2n) is 7.71. The molecule has 31 heavy (non-hydrogen) atoms. The molecule has 0 radical (unpaired) electrons. The number of hydrogen-bond donors (Lipinski definition) is 0. The van der Waals surface area contributed by atoms with Gasteiger partial charge in [0.25, 0.3) is 15.6 Å². The van der Waals surface area contributed by atoms with Crippen molar-refractivity contribution in [3.63, 3.8) is 0 Å². The molecule has 1 fully saturated rings. The summed E-state index contributed by atoms with van der Waals surface area (Å²) in [6, 6.07) is 5.12. The maximum absolute atomic E-state index is 12.7. The lowest BCUT2D eigenvalue weighted by Crippen LogP contribution is -2.49. The molecule has 0 aromatic carbocycles. The Kier molecular flexibility index (Phi) is 5.77. The van der Waals surface area contributed by atoms with Gasteiger partial charge in [0.1, 0.15) is 0 Å². The van der Waals surface area contributed by atoms with Crippen LogP contribution in [0.1, 0.15) is 11.4 Å². The van der Waals surface area contributed by atoms with Gasteiger partial charge in [-0.1, -0.05) is 0 Å². The van der Waals surface area contributed by atoms with Crippen LogP contribution in [0.2, 0.25) is 0 Å². The Morgan fingerprint density at radius 1 is 1.03 bits per heavy atom. The van der Waals surface area contributed by atoms with Crippen molar-refractivity contribution in [2.45, 2.75) is 25.4 Å². The van der Waals surface area contributed by atoms with Crippen LogP contribution in [0.5, 0.6) is 0 Å². The third kappa shape index (κ3) is 4.45. The molecule has 0 spiro atoms. The molecule has 0 aliphatic carbocycles. The van der Waals surface area contributed by atoms with Crippen LogP contribution in [0.15, 0.2) is 40.5 Å².